The van der Waals surface area contributed by atoms with Gasteiger partial charge in [0.05, 0.1) is 12.1 Å². The molecule has 4 rings (SSSR count). The SMILES string of the molecule is CC(=O)N1CCc2c(cn(CCc3ccccc3)c(=O)c2C(=O)N[C@@H]2CCCC[C@H]2O)C1. The van der Waals surface area contributed by atoms with Crippen molar-refractivity contribution >= 4 is 11.8 Å². The van der Waals surface area contributed by atoms with Gasteiger partial charge >= 0.3 is 0 Å². The van der Waals surface area contributed by atoms with Crippen LogP contribution in [0.1, 0.15) is 59.7 Å². The number of pyridine rings is 1. The van der Waals surface area contributed by atoms with Crippen molar-refractivity contribution in [2.75, 3.05) is 6.54 Å². The van der Waals surface area contributed by atoms with E-state index >= 15 is 0 Å². The summed E-state index contributed by atoms with van der Waals surface area (Å²) in [7, 11) is 0. The average molecular weight is 438 g/mol. The van der Waals surface area contributed by atoms with E-state index in [9.17, 15) is 19.5 Å². The van der Waals surface area contributed by atoms with Crippen molar-refractivity contribution in [1.29, 1.82) is 0 Å². The van der Waals surface area contributed by atoms with Crippen molar-refractivity contribution < 1.29 is 14.7 Å². The van der Waals surface area contributed by atoms with Crippen LogP contribution in [-0.4, -0.2) is 45.1 Å². The molecule has 2 heterocycles. The Morgan fingerprint density at radius 3 is 2.62 bits per heavy atom. The van der Waals surface area contributed by atoms with Crippen LogP contribution in [0.15, 0.2) is 41.3 Å². The van der Waals surface area contributed by atoms with Gasteiger partial charge in [-0.25, -0.2) is 0 Å². The first kappa shape index (κ1) is 22.3. The number of aliphatic hydroxyl groups is 1. The van der Waals surface area contributed by atoms with Crippen LogP contribution >= 0.6 is 0 Å². The van der Waals surface area contributed by atoms with E-state index in [1.165, 1.54) is 6.92 Å². The van der Waals surface area contributed by atoms with Gasteiger partial charge in [-0.3, -0.25) is 14.4 Å². The van der Waals surface area contributed by atoms with Crippen molar-refractivity contribution in [2.24, 2.45) is 0 Å². The van der Waals surface area contributed by atoms with Crippen LogP contribution < -0.4 is 10.9 Å². The predicted molar refractivity (Wildman–Crippen MR) is 121 cm³/mol. The van der Waals surface area contributed by atoms with Crippen LogP contribution in [0.2, 0.25) is 0 Å². The standard InChI is InChI=1S/C25H31N3O4/c1-17(29)27-14-12-20-19(15-27)16-28(13-11-18-7-3-2-4-8-18)25(32)23(20)24(31)26-21-9-5-6-10-22(21)30/h2-4,7-8,16,21-22,30H,5-6,9-15H2,1H3,(H,26,31)/t21-,22-/m1/s1. The number of benzene rings is 1. The number of hydrogen-bond donors (Lipinski definition) is 2. The summed E-state index contributed by atoms with van der Waals surface area (Å²) in [6.45, 7) is 2.86. The zero-order valence-electron chi connectivity index (χ0n) is 18.5. The third kappa shape index (κ3) is 4.78. The molecular weight excluding hydrogens is 406 g/mol. The molecule has 1 aliphatic heterocycles. The number of hydrogen-bond acceptors (Lipinski definition) is 4. The van der Waals surface area contributed by atoms with Gasteiger partial charge in [-0.15, -0.1) is 0 Å². The number of nitrogens with zero attached hydrogens (tertiary/aromatic N) is 2. The largest absolute Gasteiger partial charge is 0.391 e. The van der Waals surface area contributed by atoms with Crippen molar-refractivity contribution in [3.63, 3.8) is 0 Å². The second-order valence-electron chi connectivity index (χ2n) is 8.86. The second kappa shape index (κ2) is 9.69. The topological polar surface area (TPSA) is 91.6 Å². The van der Waals surface area contributed by atoms with Gasteiger partial charge in [0.2, 0.25) is 5.91 Å². The summed E-state index contributed by atoms with van der Waals surface area (Å²) in [6.07, 6.45) is 5.63. The summed E-state index contributed by atoms with van der Waals surface area (Å²) in [5.74, 6) is -0.434. The molecule has 1 fully saturated rings. The molecule has 1 aromatic carbocycles. The van der Waals surface area contributed by atoms with Crippen molar-refractivity contribution in [3.8, 4) is 0 Å². The highest BCUT2D eigenvalue weighted by Gasteiger charge is 2.30. The van der Waals surface area contributed by atoms with E-state index < -0.39 is 12.0 Å². The number of carbonyl (C=O) groups is 2. The Morgan fingerprint density at radius 2 is 1.91 bits per heavy atom. The van der Waals surface area contributed by atoms with Gasteiger partial charge in [-0.1, -0.05) is 43.2 Å². The number of nitrogens with one attached hydrogen (secondary N) is 1. The molecular formula is C25H31N3O4. The number of rotatable bonds is 5. The summed E-state index contributed by atoms with van der Waals surface area (Å²) >= 11 is 0. The summed E-state index contributed by atoms with van der Waals surface area (Å²) < 4.78 is 1.60. The average Bonchev–Trinajstić information content (AvgIpc) is 2.79. The highest BCUT2D eigenvalue weighted by atomic mass is 16.3. The minimum atomic E-state index is -0.583. The maximum absolute atomic E-state index is 13.4. The molecule has 0 radical (unpaired) electrons. The van der Waals surface area contributed by atoms with Crippen LogP contribution in [0, 0.1) is 0 Å². The van der Waals surface area contributed by atoms with E-state index in [0.717, 1.165) is 29.5 Å². The first-order chi connectivity index (χ1) is 15.4. The Morgan fingerprint density at radius 1 is 1.16 bits per heavy atom. The summed E-state index contributed by atoms with van der Waals surface area (Å²) in [5.41, 5.74) is 2.54. The molecule has 2 aliphatic rings. The van der Waals surface area contributed by atoms with Crippen LogP contribution in [0.4, 0.5) is 0 Å². The molecule has 0 saturated heterocycles. The molecule has 2 N–H and O–H groups in total. The maximum Gasteiger partial charge on any atom is 0.263 e. The van der Waals surface area contributed by atoms with E-state index in [-0.39, 0.29) is 23.1 Å². The summed E-state index contributed by atoms with van der Waals surface area (Å²) in [6, 6.07) is 9.57. The van der Waals surface area contributed by atoms with E-state index in [2.05, 4.69) is 5.32 Å². The Kier molecular flexibility index (Phi) is 6.74. The fourth-order valence-electron chi connectivity index (χ4n) is 4.79. The zero-order valence-corrected chi connectivity index (χ0v) is 18.5. The van der Waals surface area contributed by atoms with Crippen LogP contribution in [0.5, 0.6) is 0 Å². The van der Waals surface area contributed by atoms with Crippen molar-refractivity contribution in [1.82, 2.24) is 14.8 Å². The van der Waals surface area contributed by atoms with E-state index in [1.54, 1.807) is 9.47 Å². The first-order valence-corrected chi connectivity index (χ1v) is 11.5. The van der Waals surface area contributed by atoms with Gasteiger partial charge in [0.25, 0.3) is 11.5 Å². The molecule has 2 amide bonds. The number of aliphatic hydroxyl groups excluding tert-OH is 1. The number of amides is 2. The monoisotopic (exact) mass is 437 g/mol. The quantitative estimate of drug-likeness (QED) is 0.749. The van der Waals surface area contributed by atoms with Gasteiger partial charge in [-0.2, -0.15) is 0 Å². The third-order valence-corrected chi connectivity index (χ3v) is 6.67. The number of carbonyl (C=O) groups excluding carboxylic acids is 2. The summed E-state index contributed by atoms with van der Waals surface area (Å²) in [4.78, 5) is 40.4. The molecule has 2 aromatic rings. The van der Waals surface area contributed by atoms with Gasteiger partial charge in [-0.05, 0) is 42.4 Å². The van der Waals surface area contributed by atoms with Gasteiger partial charge in [0.1, 0.15) is 5.56 Å². The van der Waals surface area contributed by atoms with Gasteiger partial charge in [0.15, 0.2) is 0 Å². The highest BCUT2D eigenvalue weighted by Crippen LogP contribution is 2.23. The lowest BCUT2D eigenvalue weighted by molar-refractivity contribution is -0.129. The molecule has 170 valence electrons. The maximum atomic E-state index is 13.4. The lowest BCUT2D eigenvalue weighted by Crippen LogP contribution is -2.48. The minimum absolute atomic E-state index is 0.0194. The molecule has 7 nitrogen and oxygen atoms in total. The smallest absolute Gasteiger partial charge is 0.263 e. The van der Waals surface area contributed by atoms with Crippen LogP contribution in [0.25, 0.3) is 0 Å². The first-order valence-electron chi connectivity index (χ1n) is 11.5. The molecule has 0 unspecified atom stereocenters. The lowest BCUT2D eigenvalue weighted by Gasteiger charge is -2.31. The third-order valence-electron chi connectivity index (χ3n) is 6.67. The molecule has 0 spiro atoms. The van der Waals surface area contributed by atoms with Crippen molar-refractivity contribution in [2.45, 2.75) is 70.7 Å². The van der Waals surface area contributed by atoms with Crippen LogP contribution in [0.3, 0.4) is 0 Å². The molecule has 1 saturated carbocycles. The zero-order chi connectivity index (χ0) is 22.7. The van der Waals surface area contributed by atoms with E-state index in [0.29, 0.717) is 45.3 Å². The number of fused-ring (bicyclic) bond motifs is 1. The Labute approximate surface area is 188 Å². The molecule has 0 bridgehead atoms. The normalized spacial score (nSPS) is 20.5. The minimum Gasteiger partial charge on any atom is -0.391 e. The summed E-state index contributed by atoms with van der Waals surface area (Å²) in [5, 5.41) is 13.2. The molecule has 1 aromatic heterocycles. The molecule has 1 aliphatic carbocycles. The van der Waals surface area contributed by atoms with E-state index in [4.69, 9.17) is 0 Å². The Hall–Kier alpha value is -2.93. The molecule has 7 heteroatoms. The second-order valence-corrected chi connectivity index (χ2v) is 8.86. The predicted octanol–water partition coefficient (Wildman–Crippen LogP) is 2.03. The van der Waals surface area contributed by atoms with Gasteiger partial charge < -0.3 is 19.9 Å². The highest BCUT2D eigenvalue weighted by molar-refractivity contribution is 5.96. The lowest BCUT2D eigenvalue weighted by atomic mass is 9.91. The van der Waals surface area contributed by atoms with Gasteiger partial charge in [0, 0.05) is 32.8 Å². The fourth-order valence-corrected chi connectivity index (χ4v) is 4.79. The number of aromatic nitrogens is 1. The Balaban J connectivity index is 1.66. The molecule has 32 heavy (non-hydrogen) atoms. The fraction of sp³-hybridized carbons (Fsp3) is 0.480. The Bertz CT molecular complexity index is 1050. The number of aryl methyl sites for hydroxylation is 2. The molecule has 2 atom stereocenters. The van der Waals surface area contributed by atoms with Crippen LogP contribution in [-0.2, 0) is 30.7 Å². The van der Waals surface area contributed by atoms with E-state index in [1.807, 2.05) is 36.5 Å². The van der Waals surface area contributed by atoms with Crippen molar-refractivity contribution in [3.05, 3.63) is 69.1 Å².